The second kappa shape index (κ2) is 6.93. The third kappa shape index (κ3) is 4.38. The first-order valence-corrected chi connectivity index (χ1v) is 6.64. The number of phenolic OH excluding ortho intramolecular Hbond substituents is 2. The van der Waals surface area contributed by atoms with Crippen molar-refractivity contribution in [1.82, 2.24) is 0 Å². The van der Waals surface area contributed by atoms with E-state index in [0.717, 1.165) is 5.19 Å². The smallest absolute Gasteiger partial charge is 0.214 e. The predicted molar refractivity (Wildman–Crippen MR) is 67.5 cm³/mol. The first-order chi connectivity index (χ1) is 7.74. The topological polar surface area (TPSA) is 40.5 Å². The van der Waals surface area contributed by atoms with Gasteiger partial charge in [0.2, 0.25) is 8.83 Å². The molecule has 0 heterocycles. The number of phenols is 2. The fourth-order valence-corrected chi connectivity index (χ4v) is 1.80. The van der Waals surface area contributed by atoms with Crippen LogP contribution < -0.4 is 5.19 Å². The van der Waals surface area contributed by atoms with Gasteiger partial charge in [-0.15, -0.1) is 0 Å². The number of para-hydroxylation sites is 2. The number of benzene rings is 2. The van der Waals surface area contributed by atoms with E-state index in [1.54, 1.807) is 42.5 Å². The zero-order chi connectivity index (χ0) is 11.8. The Hall–Kier alpha value is -1.45. The van der Waals surface area contributed by atoms with Crippen molar-refractivity contribution in [3.8, 4) is 11.5 Å². The first kappa shape index (κ1) is 12.6. The lowest BCUT2D eigenvalue weighted by atomic mass is 10.3. The number of halogens is 1. The van der Waals surface area contributed by atoms with Gasteiger partial charge in [0.25, 0.3) is 0 Å². The molecule has 0 aromatic heterocycles. The van der Waals surface area contributed by atoms with Crippen molar-refractivity contribution >= 4 is 25.1 Å². The maximum atomic E-state index is 9.03. The molecule has 0 aliphatic heterocycles. The van der Waals surface area contributed by atoms with E-state index in [0.29, 0.717) is 5.75 Å². The Morgan fingerprint density at radius 1 is 0.812 bits per heavy atom. The number of aromatic hydroxyl groups is 2. The van der Waals surface area contributed by atoms with E-state index in [4.69, 9.17) is 21.3 Å². The highest BCUT2D eigenvalue weighted by Crippen LogP contribution is 2.03. The minimum absolute atomic E-state index is 0.151. The monoisotopic (exact) mass is 250 g/mol. The van der Waals surface area contributed by atoms with Crippen LogP contribution in [0.15, 0.2) is 54.6 Å². The fraction of sp³-hybridized carbons (Fsp3) is 0. The second-order valence-corrected chi connectivity index (χ2v) is 4.24. The molecule has 2 aromatic rings. The normalized spacial score (nSPS) is 9.06. The van der Waals surface area contributed by atoms with Crippen LogP contribution in [0.5, 0.6) is 11.5 Å². The highest BCUT2D eigenvalue weighted by Gasteiger charge is 1.95. The van der Waals surface area contributed by atoms with Gasteiger partial charge in [-0.05, 0) is 23.4 Å². The van der Waals surface area contributed by atoms with E-state index in [9.17, 15) is 0 Å². The van der Waals surface area contributed by atoms with E-state index in [-0.39, 0.29) is 14.6 Å². The average Bonchev–Trinajstić information content (AvgIpc) is 2.31. The lowest BCUT2D eigenvalue weighted by Crippen LogP contribution is -2.07. The van der Waals surface area contributed by atoms with Crippen LogP contribution in [0.25, 0.3) is 0 Å². The molecule has 0 atom stereocenters. The fourth-order valence-electron chi connectivity index (χ4n) is 0.982. The molecule has 0 saturated heterocycles. The second-order valence-electron chi connectivity index (χ2n) is 2.95. The molecule has 2 radical (unpaired) electrons. The van der Waals surface area contributed by atoms with Gasteiger partial charge in [0.15, 0.2) is 0 Å². The molecule has 2 N–H and O–H groups in total. The van der Waals surface area contributed by atoms with Gasteiger partial charge < -0.3 is 10.2 Å². The Morgan fingerprint density at radius 3 is 1.75 bits per heavy atom. The van der Waals surface area contributed by atoms with Crippen LogP contribution in [-0.2, 0) is 0 Å². The molecule has 0 aliphatic rings. The molecule has 0 bridgehead atoms. The van der Waals surface area contributed by atoms with Crippen LogP contribution in [-0.4, -0.2) is 19.0 Å². The molecular formula is C12H11ClO2Si. The molecule has 82 valence electrons. The summed E-state index contributed by atoms with van der Waals surface area (Å²) in [5, 5.41) is 18.5. The Labute approximate surface area is 102 Å². The van der Waals surface area contributed by atoms with E-state index >= 15 is 0 Å². The lowest BCUT2D eigenvalue weighted by molar-refractivity contribution is 0.475. The van der Waals surface area contributed by atoms with Gasteiger partial charge in [0.1, 0.15) is 11.5 Å². The summed E-state index contributed by atoms with van der Waals surface area (Å²) in [6, 6.07) is 15.8. The number of hydrogen-bond acceptors (Lipinski definition) is 2. The summed E-state index contributed by atoms with van der Waals surface area (Å²) in [5.41, 5.74) is 0. The summed E-state index contributed by atoms with van der Waals surface area (Å²) in [6.07, 6.45) is 0. The zero-order valence-corrected chi connectivity index (χ0v) is 10.2. The minimum Gasteiger partial charge on any atom is -0.508 e. The summed E-state index contributed by atoms with van der Waals surface area (Å²) in [7, 11) is 0.151. The molecule has 0 amide bonds. The van der Waals surface area contributed by atoms with Gasteiger partial charge in [-0.2, -0.15) is 11.1 Å². The summed E-state index contributed by atoms with van der Waals surface area (Å²) in [4.78, 5) is 0. The summed E-state index contributed by atoms with van der Waals surface area (Å²) >= 11 is 5.50. The van der Waals surface area contributed by atoms with Gasteiger partial charge >= 0.3 is 0 Å². The van der Waals surface area contributed by atoms with Crippen molar-refractivity contribution in [2.45, 2.75) is 0 Å². The Balaban J connectivity index is 0.000000165. The van der Waals surface area contributed by atoms with Gasteiger partial charge in [-0.25, -0.2) is 0 Å². The van der Waals surface area contributed by atoms with Gasteiger partial charge in [-0.1, -0.05) is 36.4 Å². The maximum Gasteiger partial charge on any atom is 0.214 e. The lowest BCUT2D eigenvalue weighted by Gasteiger charge is -1.94. The molecule has 0 unspecified atom stereocenters. The van der Waals surface area contributed by atoms with Crippen LogP contribution in [0, 0.1) is 0 Å². The van der Waals surface area contributed by atoms with Crippen LogP contribution in [0.2, 0.25) is 0 Å². The predicted octanol–water partition coefficient (Wildman–Crippen LogP) is 2.27. The molecule has 2 aromatic carbocycles. The van der Waals surface area contributed by atoms with Crippen LogP contribution in [0.4, 0.5) is 0 Å². The van der Waals surface area contributed by atoms with Crippen molar-refractivity contribution in [2.75, 3.05) is 0 Å². The SMILES string of the molecule is Oc1ccccc1.Oc1ccccc1[Si]Cl. The highest BCUT2D eigenvalue weighted by atomic mass is 35.6. The van der Waals surface area contributed by atoms with Gasteiger partial charge in [-0.3, -0.25) is 0 Å². The summed E-state index contributed by atoms with van der Waals surface area (Å²) in [6.45, 7) is 0. The molecule has 0 fully saturated rings. The average molecular weight is 251 g/mol. The maximum absolute atomic E-state index is 9.03. The van der Waals surface area contributed by atoms with Gasteiger partial charge in [0.05, 0.1) is 0 Å². The summed E-state index contributed by atoms with van der Waals surface area (Å²) < 4.78 is 0. The number of hydrogen-bond donors (Lipinski definition) is 2. The van der Waals surface area contributed by atoms with E-state index in [2.05, 4.69) is 0 Å². The summed E-state index contributed by atoms with van der Waals surface area (Å²) in [5.74, 6) is 0.605. The van der Waals surface area contributed by atoms with Gasteiger partial charge in [0, 0.05) is 0 Å². The van der Waals surface area contributed by atoms with Crippen LogP contribution >= 0.6 is 11.1 Å². The zero-order valence-electron chi connectivity index (χ0n) is 8.47. The van der Waals surface area contributed by atoms with Crippen molar-refractivity contribution in [3.63, 3.8) is 0 Å². The largest absolute Gasteiger partial charge is 0.508 e. The van der Waals surface area contributed by atoms with Crippen LogP contribution in [0.3, 0.4) is 0 Å². The van der Waals surface area contributed by atoms with E-state index < -0.39 is 0 Å². The number of rotatable bonds is 1. The molecule has 2 rings (SSSR count). The Kier molecular flexibility index (Phi) is 5.46. The Morgan fingerprint density at radius 2 is 1.38 bits per heavy atom. The molecule has 0 aliphatic carbocycles. The highest BCUT2D eigenvalue weighted by molar-refractivity contribution is 7.01. The van der Waals surface area contributed by atoms with E-state index in [1.165, 1.54) is 0 Å². The standard InChI is InChI=1S/C6H5ClOSi.C6H6O/c7-9-6-4-2-1-3-5(6)8;7-6-4-2-1-3-5-6/h1-4,8H;1-5,7H. The molecule has 4 heteroatoms. The van der Waals surface area contributed by atoms with E-state index in [1.807, 2.05) is 12.1 Å². The van der Waals surface area contributed by atoms with Crippen molar-refractivity contribution in [3.05, 3.63) is 54.6 Å². The van der Waals surface area contributed by atoms with Crippen molar-refractivity contribution in [2.24, 2.45) is 0 Å². The molecule has 16 heavy (non-hydrogen) atoms. The Bertz CT molecular complexity index is 420. The van der Waals surface area contributed by atoms with Crippen molar-refractivity contribution in [1.29, 1.82) is 0 Å². The van der Waals surface area contributed by atoms with Crippen LogP contribution in [0.1, 0.15) is 0 Å². The third-order valence-electron chi connectivity index (χ3n) is 1.76. The third-order valence-corrected chi connectivity index (χ3v) is 3.00. The molecule has 0 saturated carbocycles. The quantitative estimate of drug-likeness (QED) is 0.602. The first-order valence-electron chi connectivity index (χ1n) is 4.62. The van der Waals surface area contributed by atoms with Crippen molar-refractivity contribution < 1.29 is 10.2 Å². The minimum atomic E-state index is 0.151. The molecule has 0 spiro atoms. The molecular weight excluding hydrogens is 240 g/mol. The molecule has 2 nitrogen and oxygen atoms in total.